The molecule has 1 amide bonds. The molecule has 0 atom stereocenters. The van der Waals surface area contributed by atoms with Crippen LogP contribution in [0.5, 0.6) is 0 Å². The highest BCUT2D eigenvalue weighted by Gasteiger charge is 2.20. The molecule has 0 spiro atoms. The summed E-state index contributed by atoms with van der Waals surface area (Å²) in [7, 11) is 0. The van der Waals surface area contributed by atoms with E-state index in [1.54, 1.807) is 6.33 Å². The molecule has 3 aromatic rings. The minimum absolute atomic E-state index is 0.0909. The standard InChI is InChI=1S/C18H17N3O/c22-18(14-7-8-16-17(10-14)20-12-19-16)21-9-3-6-13-4-1-2-5-15(13)11-21/h1-2,4-5,7-8,10,12H,3,6,9,11H2,(H,19,20). The normalized spacial score (nSPS) is 14.6. The van der Waals surface area contributed by atoms with Crippen LogP contribution in [0.15, 0.2) is 48.8 Å². The van der Waals surface area contributed by atoms with E-state index in [4.69, 9.17) is 0 Å². The Kier molecular flexibility index (Phi) is 3.15. The quantitative estimate of drug-likeness (QED) is 0.748. The number of benzene rings is 2. The SMILES string of the molecule is O=C(c1ccc2nc[nH]c2c1)N1CCCc2ccccc2C1. The summed E-state index contributed by atoms with van der Waals surface area (Å²) < 4.78 is 0. The average Bonchev–Trinajstić information content (AvgIpc) is 2.91. The molecular formula is C18H17N3O. The number of aromatic amines is 1. The molecule has 4 heteroatoms. The van der Waals surface area contributed by atoms with E-state index in [1.165, 1.54) is 11.1 Å². The van der Waals surface area contributed by atoms with Crippen LogP contribution in [0.2, 0.25) is 0 Å². The van der Waals surface area contributed by atoms with Gasteiger partial charge in [-0.15, -0.1) is 0 Å². The van der Waals surface area contributed by atoms with Crippen LogP contribution in [0.4, 0.5) is 0 Å². The molecule has 1 aliphatic rings. The fourth-order valence-electron chi connectivity index (χ4n) is 3.13. The molecule has 0 saturated carbocycles. The first kappa shape index (κ1) is 13.1. The minimum atomic E-state index is 0.0909. The lowest BCUT2D eigenvalue weighted by Gasteiger charge is -2.21. The summed E-state index contributed by atoms with van der Waals surface area (Å²) >= 11 is 0. The molecule has 2 aromatic carbocycles. The highest BCUT2D eigenvalue weighted by Crippen LogP contribution is 2.21. The number of imidazole rings is 1. The van der Waals surface area contributed by atoms with Crippen LogP contribution >= 0.6 is 0 Å². The molecule has 1 aromatic heterocycles. The minimum Gasteiger partial charge on any atom is -0.345 e. The lowest BCUT2D eigenvalue weighted by atomic mass is 10.0. The van der Waals surface area contributed by atoms with E-state index in [0.29, 0.717) is 6.54 Å². The Morgan fingerprint density at radius 3 is 2.91 bits per heavy atom. The van der Waals surface area contributed by atoms with Gasteiger partial charge in [0.1, 0.15) is 0 Å². The van der Waals surface area contributed by atoms with E-state index >= 15 is 0 Å². The van der Waals surface area contributed by atoms with Crippen molar-refractivity contribution in [2.45, 2.75) is 19.4 Å². The van der Waals surface area contributed by atoms with Gasteiger partial charge in [-0.1, -0.05) is 24.3 Å². The second-order valence-electron chi connectivity index (χ2n) is 5.73. The predicted molar refractivity (Wildman–Crippen MR) is 85.6 cm³/mol. The third-order valence-electron chi connectivity index (χ3n) is 4.31. The number of aromatic nitrogens is 2. The Labute approximate surface area is 128 Å². The average molecular weight is 291 g/mol. The Balaban J connectivity index is 1.64. The lowest BCUT2D eigenvalue weighted by Crippen LogP contribution is -2.30. The maximum Gasteiger partial charge on any atom is 0.254 e. The van der Waals surface area contributed by atoms with Gasteiger partial charge in [-0.05, 0) is 42.2 Å². The van der Waals surface area contributed by atoms with Gasteiger partial charge in [0.25, 0.3) is 5.91 Å². The van der Waals surface area contributed by atoms with Gasteiger partial charge in [0.15, 0.2) is 0 Å². The number of nitrogens with one attached hydrogen (secondary N) is 1. The molecule has 4 nitrogen and oxygen atoms in total. The highest BCUT2D eigenvalue weighted by atomic mass is 16.2. The number of fused-ring (bicyclic) bond motifs is 2. The van der Waals surface area contributed by atoms with Gasteiger partial charge in [0, 0.05) is 18.7 Å². The van der Waals surface area contributed by atoms with E-state index in [2.05, 4.69) is 28.2 Å². The number of hydrogen-bond acceptors (Lipinski definition) is 2. The summed E-state index contributed by atoms with van der Waals surface area (Å²) in [5, 5.41) is 0. The van der Waals surface area contributed by atoms with Crippen LogP contribution in [0, 0.1) is 0 Å². The lowest BCUT2D eigenvalue weighted by molar-refractivity contribution is 0.0746. The number of hydrogen-bond donors (Lipinski definition) is 1. The van der Waals surface area contributed by atoms with E-state index in [9.17, 15) is 4.79 Å². The Bertz CT molecular complexity index is 837. The third-order valence-corrected chi connectivity index (χ3v) is 4.31. The molecular weight excluding hydrogens is 274 g/mol. The topological polar surface area (TPSA) is 49.0 Å². The first-order chi connectivity index (χ1) is 10.8. The Morgan fingerprint density at radius 1 is 1.14 bits per heavy atom. The number of aryl methyl sites for hydroxylation is 1. The zero-order valence-electron chi connectivity index (χ0n) is 12.2. The molecule has 0 saturated heterocycles. The molecule has 4 rings (SSSR count). The Morgan fingerprint density at radius 2 is 2.00 bits per heavy atom. The number of nitrogens with zero attached hydrogens (tertiary/aromatic N) is 2. The fraction of sp³-hybridized carbons (Fsp3) is 0.222. The Hall–Kier alpha value is -2.62. The van der Waals surface area contributed by atoms with E-state index in [-0.39, 0.29) is 5.91 Å². The van der Waals surface area contributed by atoms with Crippen molar-refractivity contribution in [3.63, 3.8) is 0 Å². The summed E-state index contributed by atoms with van der Waals surface area (Å²) in [6, 6.07) is 14.1. The highest BCUT2D eigenvalue weighted by molar-refractivity contribution is 5.97. The van der Waals surface area contributed by atoms with Crippen LogP contribution in [-0.2, 0) is 13.0 Å². The van der Waals surface area contributed by atoms with Crippen molar-refractivity contribution in [1.29, 1.82) is 0 Å². The van der Waals surface area contributed by atoms with Crippen LogP contribution in [0.25, 0.3) is 11.0 Å². The summed E-state index contributed by atoms with van der Waals surface area (Å²) in [4.78, 5) is 22.0. The molecule has 0 bridgehead atoms. The second-order valence-corrected chi connectivity index (χ2v) is 5.73. The van der Waals surface area contributed by atoms with E-state index in [1.807, 2.05) is 29.2 Å². The van der Waals surface area contributed by atoms with Gasteiger partial charge in [0.2, 0.25) is 0 Å². The van der Waals surface area contributed by atoms with Crippen LogP contribution in [-0.4, -0.2) is 27.3 Å². The van der Waals surface area contributed by atoms with Crippen molar-refractivity contribution in [2.75, 3.05) is 6.54 Å². The summed E-state index contributed by atoms with van der Waals surface area (Å²) in [6.45, 7) is 1.49. The first-order valence-electron chi connectivity index (χ1n) is 7.60. The van der Waals surface area contributed by atoms with Gasteiger partial charge in [0.05, 0.1) is 17.4 Å². The van der Waals surface area contributed by atoms with Crippen molar-refractivity contribution < 1.29 is 4.79 Å². The molecule has 0 radical (unpaired) electrons. The van der Waals surface area contributed by atoms with Crippen molar-refractivity contribution in [3.8, 4) is 0 Å². The number of carbonyl (C=O) groups excluding carboxylic acids is 1. The second kappa shape index (κ2) is 5.30. The molecule has 1 N–H and O–H groups in total. The number of rotatable bonds is 1. The largest absolute Gasteiger partial charge is 0.345 e. The van der Waals surface area contributed by atoms with Crippen LogP contribution < -0.4 is 0 Å². The van der Waals surface area contributed by atoms with Crippen LogP contribution in [0.1, 0.15) is 27.9 Å². The molecule has 0 aliphatic carbocycles. The molecule has 22 heavy (non-hydrogen) atoms. The molecule has 2 heterocycles. The van der Waals surface area contributed by atoms with E-state index in [0.717, 1.165) is 36.0 Å². The summed E-state index contributed by atoms with van der Waals surface area (Å²) in [5.74, 6) is 0.0909. The van der Waals surface area contributed by atoms with Crippen LogP contribution in [0.3, 0.4) is 0 Å². The summed E-state index contributed by atoms with van der Waals surface area (Å²) in [6.07, 6.45) is 3.70. The van der Waals surface area contributed by atoms with E-state index < -0.39 is 0 Å². The van der Waals surface area contributed by atoms with Gasteiger partial charge in [-0.25, -0.2) is 4.98 Å². The van der Waals surface area contributed by atoms with Crippen molar-refractivity contribution in [1.82, 2.24) is 14.9 Å². The van der Waals surface area contributed by atoms with Crippen molar-refractivity contribution >= 4 is 16.9 Å². The zero-order chi connectivity index (χ0) is 14.9. The van der Waals surface area contributed by atoms with Gasteiger partial charge < -0.3 is 9.88 Å². The van der Waals surface area contributed by atoms with Gasteiger partial charge in [-0.3, -0.25) is 4.79 Å². The number of amides is 1. The van der Waals surface area contributed by atoms with Gasteiger partial charge in [-0.2, -0.15) is 0 Å². The maximum atomic E-state index is 12.8. The maximum absolute atomic E-state index is 12.8. The first-order valence-corrected chi connectivity index (χ1v) is 7.60. The monoisotopic (exact) mass is 291 g/mol. The molecule has 0 fully saturated rings. The molecule has 0 unspecified atom stereocenters. The third kappa shape index (κ3) is 2.26. The van der Waals surface area contributed by atoms with Gasteiger partial charge >= 0.3 is 0 Å². The smallest absolute Gasteiger partial charge is 0.254 e. The number of carbonyl (C=O) groups is 1. The predicted octanol–water partition coefficient (Wildman–Crippen LogP) is 3.15. The molecule has 110 valence electrons. The summed E-state index contributed by atoms with van der Waals surface area (Å²) in [5.41, 5.74) is 5.13. The fourth-order valence-corrected chi connectivity index (χ4v) is 3.13. The zero-order valence-corrected chi connectivity index (χ0v) is 12.2. The number of H-pyrrole nitrogens is 1. The molecule has 1 aliphatic heterocycles. The van der Waals surface area contributed by atoms with Crippen molar-refractivity contribution in [3.05, 3.63) is 65.5 Å². The van der Waals surface area contributed by atoms with Crippen molar-refractivity contribution in [2.24, 2.45) is 0 Å².